The number of nitrogens with two attached hydrogens (primary N) is 1. The molecule has 0 aliphatic carbocycles. The maximum atomic E-state index is 11.2. The molecular formula is C10H14ClN3O4. The van der Waals surface area contributed by atoms with E-state index in [1.54, 1.807) is 6.07 Å². The lowest BCUT2D eigenvalue weighted by Crippen LogP contribution is -2.32. The minimum Gasteiger partial charge on any atom is -0.477 e. The molecule has 1 aromatic carbocycles. The van der Waals surface area contributed by atoms with Crippen molar-refractivity contribution < 1.29 is 14.5 Å². The molecule has 0 aliphatic heterocycles. The van der Waals surface area contributed by atoms with Gasteiger partial charge in [-0.3, -0.25) is 14.9 Å². The van der Waals surface area contributed by atoms with E-state index in [0.29, 0.717) is 13.1 Å². The molecule has 0 saturated carbocycles. The standard InChI is InChI=1S/C10H13N3O4.ClH/c11-5-6-12-10(14)7-17-9-4-2-1-3-8(9)13(15)16;/h1-4H,5-7,11H2,(H,12,14);1H. The van der Waals surface area contributed by atoms with E-state index in [1.165, 1.54) is 18.2 Å². The summed E-state index contributed by atoms with van der Waals surface area (Å²) in [5.41, 5.74) is 5.04. The Morgan fingerprint density at radius 3 is 2.72 bits per heavy atom. The first-order chi connectivity index (χ1) is 8.15. The lowest BCUT2D eigenvalue weighted by atomic mass is 10.3. The third-order valence-corrected chi connectivity index (χ3v) is 1.89. The maximum absolute atomic E-state index is 11.2. The Labute approximate surface area is 110 Å². The van der Waals surface area contributed by atoms with Gasteiger partial charge in [-0.2, -0.15) is 0 Å². The highest BCUT2D eigenvalue weighted by molar-refractivity contribution is 5.85. The number of carbonyl (C=O) groups excluding carboxylic acids is 1. The number of para-hydroxylation sites is 2. The molecule has 0 radical (unpaired) electrons. The molecule has 3 N–H and O–H groups in total. The van der Waals surface area contributed by atoms with Gasteiger partial charge in [0, 0.05) is 19.2 Å². The number of hydrogen-bond acceptors (Lipinski definition) is 5. The van der Waals surface area contributed by atoms with Crippen LogP contribution in [0.2, 0.25) is 0 Å². The maximum Gasteiger partial charge on any atom is 0.310 e. The number of nitrogens with one attached hydrogen (secondary N) is 1. The van der Waals surface area contributed by atoms with E-state index in [4.69, 9.17) is 10.5 Å². The Morgan fingerprint density at radius 1 is 1.44 bits per heavy atom. The molecule has 1 aromatic rings. The fraction of sp³-hybridized carbons (Fsp3) is 0.300. The van der Waals surface area contributed by atoms with Crippen LogP contribution in [-0.2, 0) is 4.79 Å². The number of nitrogens with zero attached hydrogens (tertiary/aromatic N) is 1. The Morgan fingerprint density at radius 2 is 2.11 bits per heavy atom. The van der Waals surface area contributed by atoms with Crippen LogP contribution in [0.1, 0.15) is 0 Å². The minimum atomic E-state index is -0.562. The van der Waals surface area contributed by atoms with E-state index in [1.807, 2.05) is 0 Å². The zero-order valence-electron chi connectivity index (χ0n) is 9.50. The number of rotatable bonds is 6. The summed E-state index contributed by atoms with van der Waals surface area (Å²) in [6.45, 7) is 0.404. The molecule has 1 amide bonds. The van der Waals surface area contributed by atoms with Crippen molar-refractivity contribution in [3.8, 4) is 5.75 Å². The molecule has 0 aliphatic rings. The first-order valence-corrected chi connectivity index (χ1v) is 4.98. The average Bonchev–Trinajstić information content (AvgIpc) is 2.34. The smallest absolute Gasteiger partial charge is 0.310 e. The topological polar surface area (TPSA) is 107 Å². The summed E-state index contributed by atoms with van der Waals surface area (Å²) in [7, 11) is 0. The largest absolute Gasteiger partial charge is 0.477 e. The summed E-state index contributed by atoms with van der Waals surface area (Å²) in [5.74, 6) is -0.297. The van der Waals surface area contributed by atoms with E-state index >= 15 is 0 Å². The molecule has 8 heteroatoms. The molecule has 0 heterocycles. The lowest BCUT2D eigenvalue weighted by Gasteiger charge is -2.06. The Balaban J connectivity index is 0.00000289. The molecule has 7 nitrogen and oxygen atoms in total. The van der Waals surface area contributed by atoms with Crippen LogP contribution in [0.3, 0.4) is 0 Å². The molecule has 0 bridgehead atoms. The first kappa shape index (κ1) is 16.1. The second-order valence-corrected chi connectivity index (χ2v) is 3.15. The molecule has 0 saturated heterocycles. The van der Waals surface area contributed by atoms with Crippen LogP contribution in [0.4, 0.5) is 5.69 Å². The number of benzene rings is 1. The predicted octanol–water partition coefficient (Wildman–Crippen LogP) is 0.470. The van der Waals surface area contributed by atoms with Crippen molar-refractivity contribution in [3.05, 3.63) is 34.4 Å². The van der Waals surface area contributed by atoms with Gasteiger partial charge in [0.25, 0.3) is 5.91 Å². The van der Waals surface area contributed by atoms with Crippen LogP contribution < -0.4 is 15.8 Å². The average molecular weight is 276 g/mol. The fourth-order valence-corrected chi connectivity index (χ4v) is 1.14. The molecular weight excluding hydrogens is 262 g/mol. The van der Waals surface area contributed by atoms with E-state index in [9.17, 15) is 14.9 Å². The van der Waals surface area contributed by atoms with E-state index in [2.05, 4.69) is 5.32 Å². The highest BCUT2D eigenvalue weighted by Gasteiger charge is 2.14. The molecule has 18 heavy (non-hydrogen) atoms. The van der Waals surface area contributed by atoms with Crippen LogP contribution in [0, 0.1) is 10.1 Å². The van der Waals surface area contributed by atoms with Gasteiger partial charge >= 0.3 is 5.69 Å². The van der Waals surface area contributed by atoms with Crippen LogP contribution >= 0.6 is 12.4 Å². The van der Waals surface area contributed by atoms with Gasteiger partial charge in [0.15, 0.2) is 12.4 Å². The van der Waals surface area contributed by atoms with Crippen molar-refractivity contribution >= 4 is 24.0 Å². The van der Waals surface area contributed by atoms with E-state index < -0.39 is 4.92 Å². The van der Waals surface area contributed by atoms with Crippen molar-refractivity contribution in [2.75, 3.05) is 19.7 Å². The Kier molecular flexibility index (Phi) is 7.41. The summed E-state index contributed by atoms with van der Waals surface area (Å²) in [4.78, 5) is 21.3. The van der Waals surface area contributed by atoms with Gasteiger partial charge in [0.2, 0.25) is 0 Å². The van der Waals surface area contributed by atoms with Crippen LogP contribution in [0.15, 0.2) is 24.3 Å². The zero-order chi connectivity index (χ0) is 12.7. The molecule has 0 unspecified atom stereocenters. The molecule has 100 valence electrons. The number of hydrogen-bond donors (Lipinski definition) is 2. The van der Waals surface area contributed by atoms with Gasteiger partial charge in [0.1, 0.15) is 0 Å². The number of halogens is 1. The quantitative estimate of drug-likeness (QED) is 0.580. The Hall–Kier alpha value is -1.86. The molecule has 1 rings (SSSR count). The SMILES string of the molecule is Cl.NCCNC(=O)COc1ccccc1[N+](=O)[O-]. The van der Waals surface area contributed by atoms with Gasteiger partial charge in [-0.25, -0.2) is 0 Å². The normalized spacial score (nSPS) is 9.17. The molecule has 0 spiro atoms. The number of ether oxygens (including phenoxy) is 1. The summed E-state index contributed by atoms with van der Waals surface area (Å²) < 4.78 is 5.06. The summed E-state index contributed by atoms with van der Waals surface area (Å²) in [5, 5.41) is 13.1. The second kappa shape index (κ2) is 8.26. The number of carbonyl (C=O) groups is 1. The number of nitro groups is 1. The van der Waals surface area contributed by atoms with Gasteiger partial charge in [-0.05, 0) is 6.07 Å². The van der Waals surface area contributed by atoms with Crippen molar-refractivity contribution in [1.29, 1.82) is 0 Å². The van der Waals surface area contributed by atoms with E-state index in [0.717, 1.165) is 0 Å². The summed E-state index contributed by atoms with van der Waals surface area (Å²) in [6.07, 6.45) is 0. The first-order valence-electron chi connectivity index (χ1n) is 4.98. The lowest BCUT2D eigenvalue weighted by molar-refractivity contribution is -0.385. The number of amides is 1. The van der Waals surface area contributed by atoms with Crippen LogP contribution in [0.5, 0.6) is 5.75 Å². The molecule has 0 aromatic heterocycles. The van der Waals surface area contributed by atoms with Gasteiger partial charge in [0.05, 0.1) is 4.92 Å². The molecule has 0 fully saturated rings. The molecule has 0 atom stereocenters. The van der Waals surface area contributed by atoms with E-state index in [-0.39, 0.29) is 36.4 Å². The third kappa shape index (κ3) is 4.98. The monoisotopic (exact) mass is 275 g/mol. The van der Waals surface area contributed by atoms with Gasteiger partial charge in [-0.15, -0.1) is 12.4 Å². The van der Waals surface area contributed by atoms with Crippen LogP contribution in [0.25, 0.3) is 0 Å². The number of nitro benzene ring substituents is 1. The van der Waals surface area contributed by atoms with Crippen molar-refractivity contribution in [2.45, 2.75) is 0 Å². The Bertz CT molecular complexity index is 414. The summed E-state index contributed by atoms with van der Waals surface area (Å²) in [6, 6.07) is 5.88. The third-order valence-electron chi connectivity index (χ3n) is 1.89. The van der Waals surface area contributed by atoms with Crippen molar-refractivity contribution in [1.82, 2.24) is 5.32 Å². The van der Waals surface area contributed by atoms with Crippen molar-refractivity contribution in [3.63, 3.8) is 0 Å². The highest BCUT2D eigenvalue weighted by Crippen LogP contribution is 2.25. The fourth-order valence-electron chi connectivity index (χ4n) is 1.14. The van der Waals surface area contributed by atoms with Gasteiger partial charge < -0.3 is 15.8 Å². The predicted molar refractivity (Wildman–Crippen MR) is 67.9 cm³/mol. The van der Waals surface area contributed by atoms with Gasteiger partial charge in [-0.1, -0.05) is 12.1 Å². The minimum absolute atomic E-state index is 0. The second-order valence-electron chi connectivity index (χ2n) is 3.15. The summed E-state index contributed by atoms with van der Waals surface area (Å²) >= 11 is 0. The van der Waals surface area contributed by atoms with Crippen LogP contribution in [-0.4, -0.2) is 30.5 Å². The van der Waals surface area contributed by atoms with Crippen molar-refractivity contribution in [2.24, 2.45) is 5.73 Å². The zero-order valence-corrected chi connectivity index (χ0v) is 10.3. The highest BCUT2D eigenvalue weighted by atomic mass is 35.5.